The summed E-state index contributed by atoms with van der Waals surface area (Å²) < 4.78 is 4.98. The first-order valence-corrected chi connectivity index (χ1v) is 6.36. The molecule has 0 aliphatic heterocycles. The van der Waals surface area contributed by atoms with Crippen LogP contribution in [0.4, 0.5) is 0 Å². The van der Waals surface area contributed by atoms with Crippen molar-refractivity contribution in [3.63, 3.8) is 0 Å². The number of aryl methyl sites for hydroxylation is 1. The smallest absolute Gasteiger partial charge is 0.247 e. The maximum atomic E-state index is 11.3. The molecular weight excluding hydrogens is 232 g/mol. The summed E-state index contributed by atoms with van der Waals surface area (Å²) in [6, 6.07) is 0. The van der Waals surface area contributed by atoms with Gasteiger partial charge in [-0.15, -0.1) is 0 Å². The number of hydrogen-bond acceptors (Lipinski definition) is 6. The highest BCUT2D eigenvalue weighted by atomic mass is 32.2. The minimum atomic E-state index is -0.187. The fourth-order valence-corrected chi connectivity index (χ4v) is 2.84. The van der Waals surface area contributed by atoms with Crippen LogP contribution in [0.25, 0.3) is 0 Å². The summed E-state index contributed by atoms with van der Waals surface area (Å²) in [6.07, 6.45) is 1.53. The third kappa shape index (κ3) is 3.44. The van der Waals surface area contributed by atoms with Crippen LogP contribution in [0.2, 0.25) is 0 Å². The number of nitrogens with zero attached hydrogens (tertiary/aromatic N) is 2. The van der Waals surface area contributed by atoms with Crippen LogP contribution in [-0.2, 0) is 11.2 Å². The Morgan fingerprint density at radius 3 is 2.87 bits per heavy atom. The van der Waals surface area contributed by atoms with Crippen LogP contribution < -0.4 is 11.3 Å². The number of rotatable bonds is 5. The molecule has 0 saturated heterocycles. The molecule has 0 spiro atoms. The molecule has 1 atom stereocenters. The molecule has 7 heteroatoms. The number of carbonyl (C=O) groups excluding carboxylic acids is 1. The van der Waals surface area contributed by atoms with E-state index in [4.69, 9.17) is 5.84 Å². The van der Waals surface area contributed by atoms with Gasteiger partial charge in [-0.2, -0.15) is 4.37 Å². The summed E-state index contributed by atoms with van der Waals surface area (Å²) in [7, 11) is 0. The van der Waals surface area contributed by atoms with Gasteiger partial charge in [-0.05, 0) is 18.0 Å². The largest absolute Gasteiger partial charge is 0.293 e. The van der Waals surface area contributed by atoms with Gasteiger partial charge in [0.2, 0.25) is 5.91 Å². The summed E-state index contributed by atoms with van der Waals surface area (Å²) >= 11 is 2.74. The maximum Gasteiger partial charge on any atom is 0.247 e. The Labute approximate surface area is 97.0 Å². The molecule has 3 N–H and O–H groups in total. The van der Waals surface area contributed by atoms with E-state index in [0.717, 1.165) is 23.0 Å². The quantitative estimate of drug-likeness (QED) is 0.350. The van der Waals surface area contributed by atoms with Gasteiger partial charge < -0.3 is 0 Å². The van der Waals surface area contributed by atoms with Gasteiger partial charge in [-0.25, -0.2) is 10.8 Å². The van der Waals surface area contributed by atoms with Gasteiger partial charge in [-0.1, -0.05) is 25.6 Å². The van der Waals surface area contributed by atoms with E-state index >= 15 is 0 Å². The maximum absolute atomic E-state index is 11.3. The highest BCUT2D eigenvalue weighted by Crippen LogP contribution is 2.26. The SMILES string of the molecule is CCc1nsc(SC(CC)C(=O)NN)n1. The van der Waals surface area contributed by atoms with E-state index < -0.39 is 0 Å². The number of amides is 1. The lowest BCUT2D eigenvalue weighted by atomic mass is 10.3. The average Bonchev–Trinajstić information content (AvgIpc) is 2.72. The normalized spacial score (nSPS) is 12.5. The zero-order chi connectivity index (χ0) is 11.3. The lowest BCUT2D eigenvalue weighted by molar-refractivity contribution is -0.120. The summed E-state index contributed by atoms with van der Waals surface area (Å²) in [5, 5.41) is -0.187. The molecule has 0 bridgehead atoms. The Balaban J connectivity index is 2.62. The third-order valence-corrected chi connectivity index (χ3v) is 4.00. The van der Waals surface area contributed by atoms with Crippen LogP contribution in [0.5, 0.6) is 0 Å². The number of nitrogens with one attached hydrogen (secondary N) is 1. The van der Waals surface area contributed by atoms with E-state index in [0.29, 0.717) is 0 Å². The Kier molecular flexibility index (Phi) is 5.00. The Morgan fingerprint density at radius 1 is 1.67 bits per heavy atom. The van der Waals surface area contributed by atoms with E-state index in [2.05, 4.69) is 14.8 Å². The zero-order valence-electron chi connectivity index (χ0n) is 8.69. The number of thioether (sulfide) groups is 1. The van der Waals surface area contributed by atoms with Gasteiger partial charge >= 0.3 is 0 Å². The molecule has 1 aromatic heterocycles. The molecule has 0 saturated carbocycles. The Bertz CT molecular complexity index is 328. The first-order chi connectivity index (χ1) is 7.21. The van der Waals surface area contributed by atoms with Crippen LogP contribution in [0, 0.1) is 0 Å². The number of hydrazine groups is 1. The van der Waals surface area contributed by atoms with Crippen molar-refractivity contribution in [3.05, 3.63) is 5.82 Å². The van der Waals surface area contributed by atoms with Crippen LogP contribution in [0.15, 0.2) is 4.34 Å². The molecule has 1 amide bonds. The monoisotopic (exact) mass is 246 g/mol. The van der Waals surface area contributed by atoms with Gasteiger partial charge in [0.15, 0.2) is 4.34 Å². The van der Waals surface area contributed by atoms with Crippen LogP contribution in [-0.4, -0.2) is 20.5 Å². The molecule has 0 fully saturated rings. The van der Waals surface area contributed by atoms with Crippen molar-refractivity contribution >= 4 is 29.2 Å². The molecule has 0 radical (unpaired) electrons. The van der Waals surface area contributed by atoms with E-state index in [1.54, 1.807) is 0 Å². The molecular formula is C8H14N4OS2. The summed E-state index contributed by atoms with van der Waals surface area (Å²) in [5.74, 6) is 5.74. The first-order valence-electron chi connectivity index (χ1n) is 4.70. The van der Waals surface area contributed by atoms with Crippen molar-refractivity contribution in [2.24, 2.45) is 5.84 Å². The van der Waals surface area contributed by atoms with E-state index in [-0.39, 0.29) is 11.2 Å². The van der Waals surface area contributed by atoms with Crippen LogP contribution >= 0.6 is 23.3 Å². The van der Waals surface area contributed by atoms with Crippen LogP contribution in [0.1, 0.15) is 26.1 Å². The Morgan fingerprint density at radius 2 is 2.40 bits per heavy atom. The predicted octanol–water partition coefficient (Wildman–Crippen LogP) is 0.961. The van der Waals surface area contributed by atoms with Gasteiger partial charge in [0.1, 0.15) is 5.82 Å². The summed E-state index contributed by atoms with van der Waals surface area (Å²) in [6.45, 7) is 3.94. The molecule has 1 heterocycles. The number of carbonyl (C=O) groups is 1. The van der Waals surface area contributed by atoms with E-state index in [1.807, 2.05) is 13.8 Å². The number of nitrogens with two attached hydrogens (primary N) is 1. The lowest BCUT2D eigenvalue weighted by Crippen LogP contribution is -2.37. The average molecular weight is 246 g/mol. The lowest BCUT2D eigenvalue weighted by Gasteiger charge is -2.09. The third-order valence-electron chi connectivity index (χ3n) is 1.81. The van der Waals surface area contributed by atoms with E-state index in [1.165, 1.54) is 23.3 Å². The highest BCUT2D eigenvalue weighted by Gasteiger charge is 2.18. The summed E-state index contributed by atoms with van der Waals surface area (Å²) in [4.78, 5) is 15.6. The molecule has 15 heavy (non-hydrogen) atoms. The number of hydrogen-bond donors (Lipinski definition) is 2. The standard InChI is InChI=1S/C8H14N4OS2/c1-3-5(7(13)11-9)14-8-10-6(4-2)12-15-8/h5H,3-4,9H2,1-2H3,(H,11,13). The van der Waals surface area contributed by atoms with Crippen molar-refractivity contribution < 1.29 is 4.79 Å². The van der Waals surface area contributed by atoms with Crippen molar-refractivity contribution in [3.8, 4) is 0 Å². The molecule has 0 aliphatic carbocycles. The molecule has 0 aliphatic rings. The topological polar surface area (TPSA) is 80.9 Å². The minimum Gasteiger partial charge on any atom is -0.293 e. The van der Waals surface area contributed by atoms with Crippen molar-refractivity contribution in [1.82, 2.24) is 14.8 Å². The highest BCUT2D eigenvalue weighted by molar-refractivity contribution is 8.02. The fourth-order valence-electron chi connectivity index (χ4n) is 0.966. The Hall–Kier alpha value is -0.660. The molecule has 84 valence electrons. The minimum absolute atomic E-state index is 0.171. The van der Waals surface area contributed by atoms with Gasteiger partial charge in [0, 0.05) is 6.42 Å². The second-order valence-corrected chi connectivity index (χ2v) is 5.06. The second kappa shape index (κ2) is 6.04. The van der Waals surface area contributed by atoms with Crippen LogP contribution in [0.3, 0.4) is 0 Å². The van der Waals surface area contributed by atoms with Crippen molar-refractivity contribution in [2.45, 2.75) is 36.3 Å². The van der Waals surface area contributed by atoms with Gasteiger partial charge in [0.05, 0.1) is 5.25 Å². The zero-order valence-corrected chi connectivity index (χ0v) is 10.3. The molecule has 0 aromatic carbocycles. The second-order valence-electron chi connectivity index (χ2n) is 2.85. The fraction of sp³-hybridized carbons (Fsp3) is 0.625. The van der Waals surface area contributed by atoms with Crippen molar-refractivity contribution in [1.29, 1.82) is 0 Å². The summed E-state index contributed by atoms with van der Waals surface area (Å²) in [5.41, 5.74) is 2.15. The molecule has 5 nitrogen and oxygen atoms in total. The first kappa shape index (κ1) is 12.4. The van der Waals surface area contributed by atoms with Crippen molar-refractivity contribution in [2.75, 3.05) is 0 Å². The number of aromatic nitrogens is 2. The molecule has 1 rings (SSSR count). The molecule has 1 unspecified atom stereocenters. The van der Waals surface area contributed by atoms with Gasteiger partial charge in [0.25, 0.3) is 0 Å². The predicted molar refractivity (Wildman–Crippen MR) is 61.6 cm³/mol. The van der Waals surface area contributed by atoms with Gasteiger partial charge in [-0.3, -0.25) is 10.2 Å². The molecule has 1 aromatic rings. The van der Waals surface area contributed by atoms with E-state index in [9.17, 15) is 4.79 Å².